The summed E-state index contributed by atoms with van der Waals surface area (Å²) in [6, 6.07) is 14.6. The Balaban J connectivity index is 1.59. The molecular formula is C20H17ClFN3O2. The van der Waals surface area contributed by atoms with E-state index in [9.17, 15) is 9.18 Å². The highest BCUT2D eigenvalue weighted by atomic mass is 35.5. The van der Waals surface area contributed by atoms with Crippen LogP contribution in [0.3, 0.4) is 0 Å². The van der Waals surface area contributed by atoms with Gasteiger partial charge in [0.15, 0.2) is 0 Å². The van der Waals surface area contributed by atoms with Gasteiger partial charge in [0.25, 0.3) is 5.91 Å². The second kappa shape index (κ2) is 8.51. The molecule has 1 heterocycles. The number of benzene rings is 2. The van der Waals surface area contributed by atoms with Crippen LogP contribution in [0.25, 0.3) is 0 Å². The maximum atomic E-state index is 12.9. The number of methoxy groups -OCH3 is 1. The maximum Gasteiger partial charge on any atom is 0.274 e. The van der Waals surface area contributed by atoms with Crippen LogP contribution >= 0.6 is 11.6 Å². The van der Waals surface area contributed by atoms with Crippen molar-refractivity contribution in [1.29, 1.82) is 0 Å². The van der Waals surface area contributed by atoms with Crippen molar-refractivity contribution in [2.24, 2.45) is 0 Å². The molecule has 1 aromatic heterocycles. The molecule has 2 N–H and O–H groups in total. The van der Waals surface area contributed by atoms with Gasteiger partial charge in [0, 0.05) is 12.2 Å². The average Bonchev–Trinajstić information content (AvgIpc) is 2.68. The fourth-order valence-corrected chi connectivity index (χ4v) is 2.64. The van der Waals surface area contributed by atoms with Crippen LogP contribution in [0.15, 0.2) is 60.8 Å². The van der Waals surface area contributed by atoms with Crippen molar-refractivity contribution in [1.82, 2.24) is 4.98 Å². The number of nitrogens with zero attached hydrogens (tertiary/aromatic N) is 1. The fraction of sp³-hybridized carbons (Fsp3) is 0.100. The van der Waals surface area contributed by atoms with Crippen LogP contribution in [0.4, 0.5) is 15.8 Å². The first-order valence-electron chi connectivity index (χ1n) is 8.14. The Hall–Kier alpha value is -3.12. The third-order valence-corrected chi connectivity index (χ3v) is 4.11. The van der Waals surface area contributed by atoms with Gasteiger partial charge in [-0.2, -0.15) is 0 Å². The van der Waals surface area contributed by atoms with Crippen molar-refractivity contribution < 1.29 is 13.9 Å². The molecule has 0 fully saturated rings. The van der Waals surface area contributed by atoms with Crippen molar-refractivity contribution in [2.75, 3.05) is 17.7 Å². The summed E-state index contributed by atoms with van der Waals surface area (Å²) in [6.45, 7) is 0.526. The molecule has 0 aliphatic carbocycles. The monoisotopic (exact) mass is 385 g/mol. The van der Waals surface area contributed by atoms with Crippen LogP contribution in [0.2, 0.25) is 5.02 Å². The summed E-state index contributed by atoms with van der Waals surface area (Å²) in [7, 11) is 1.52. The van der Waals surface area contributed by atoms with Gasteiger partial charge in [0.2, 0.25) is 0 Å². The molecule has 0 bridgehead atoms. The second-order valence-corrected chi connectivity index (χ2v) is 6.12. The summed E-state index contributed by atoms with van der Waals surface area (Å²) >= 11 is 6.05. The van der Waals surface area contributed by atoms with E-state index in [-0.39, 0.29) is 17.4 Å². The van der Waals surface area contributed by atoms with E-state index in [1.165, 1.54) is 19.2 Å². The van der Waals surface area contributed by atoms with Crippen molar-refractivity contribution >= 4 is 28.9 Å². The minimum absolute atomic E-state index is 0.270. The van der Waals surface area contributed by atoms with Gasteiger partial charge in [-0.3, -0.25) is 4.79 Å². The molecule has 0 aliphatic rings. The van der Waals surface area contributed by atoms with E-state index < -0.39 is 0 Å². The largest absolute Gasteiger partial charge is 0.495 e. The lowest BCUT2D eigenvalue weighted by atomic mass is 10.2. The van der Waals surface area contributed by atoms with Gasteiger partial charge < -0.3 is 15.4 Å². The third-order valence-electron chi connectivity index (χ3n) is 3.82. The summed E-state index contributed by atoms with van der Waals surface area (Å²) < 4.78 is 18.0. The molecular weight excluding hydrogens is 369 g/mol. The summed E-state index contributed by atoms with van der Waals surface area (Å²) in [6.07, 6.45) is 1.57. The van der Waals surface area contributed by atoms with Crippen LogP contribution in [0.1, 0.15) is 16.1 Å². The number of carbonyl (C=O) groups excluding carboxylic acids is 1. The lowest BCUT2D eigenvalue weighted by Gasteiger charge is -2.09. The first-order valence-corrected chi connectivity index (χ1v) is 8.52. The van der Waals surface area contributed by atoms with Gasteiger partial charge in [-0.15, -0.1) is 0 Å². The molecule has 0 saturated heterocycles. The van der Waals surface area contributed by atoms with E-state index >= 15 is 0 Å². The Morgan fingerprint density at radius 1 is 1.11 bits per heavy atom. The number of halogens is 2. The molecule has 27 heavy (non-hydrogen) atoms. The molecule has 0 unspecified atom stereocenters. The summed E-state index contributed by atoms with van der Waals surface area (Å²) in [5.74, 6) is -0.0837. The van der Waals surface area contributed by atoms with E-state index in [4.69, 9.17) is 16.3 Å². The number of carbonyl (C=O) groups is 1. The number of rotatable bonds is 6. The number of hydrogen-bond donors (Lipinski definition) is 2. The van der Waals surface area contributed by atoms with Crippen LogP contribution in [-0.2, 0) is 6.54 Å². The number of pyridine rings is 1. The predicted molar refractivity (Wildman–Crippen MR) is 104 cm³/mol. The fourth-order valence-electron chi connectivity index (χ4n) is 2.38. The van der Waals surface area contributed by atoms with Crippen molar-refractivity contribution in [2.45, 2.75) is 6.54 Å². The van der Waals surface area contributed by atoms with Crippen LogP contribution in [0.5, 0.6) is 5.75 Å². The highest BCUT2D eigenvalue weighted by Crippen LogP contribution is 2.27. The lowest BCUT2D eigenvalue weighted by molar-refractivity contribution is 0.102. The Morgan fingerprint density at radius 2 is 1.85 bits per heavy atom. The van der Waals surface area contributed by atoms with E-state index in [0.29, 0.717) is 23.0 Å². The number of nitrogens with one attached hydrogen (secondary N) is 2. The van der Waals surface area contributed by atoms with Crippen LogP contribution < -0.4 is 15.4 Å². The van der Waals surface area contributed by atoms with Crippen molar-refractivity contribution in [3.8, 4) is 5.75 Å². The molecule has 7 heteroatoms. The van der Waals surface area contributed by atoms with E-state index in [0.717, 1.165) is 11.3 Å². The molecule has 0 saturated carbocycles. The minimum Gasteiger partial charge on any atom is -0.495 e. The Labute approximate surface area is 161 Å². The smallest absolute Gasteiger partial charge is 0.274 e. The van der Waals surface area contributed by atoms with Gasteiger partial charge in [-0.25, -0.2) is 9.37 Å². The molecule has 5 nitrogen and oxygen atoms in total. The van der Waals surface area contributed by atoms with Gasteiger partial charge in [-0.05, 0) is 48.0 Å². The van der Waals surface area contributed by atoms with Gasteiger partial charge >= 0.3 is 0 Å². The second-order valence-electron chi connectivity index (χ2n) is 5.72. The zero-order valence-corrected chi connectivity index (χ0v) is 15.3. The molecule has 0 spiro atoms. The standard InChI is InChI=1S/C20H17ClFN3O2/c1-27-19-9-7-15(10-17(19)21)25-20(26)18-8-6-16(12-24-18)23-11-13-2-4-14(22)5-3-13/h2-10,12,23H,11H2,1H3,(H,25,26). The predicted octanol–water partition coefficient (Wildman–Crippen LogP) is 4.75. The zero-order valence-electron chi connectivity index (χ0n) is 14.5. The zero-order chi connectivity index (χ0) is 19.2. The van der Waals surface area contributed by atoms with Gasteiger partial charge in [-0.1, -0.05) is 23.7 Å². The number of aromatic nitrogens is 1. The molecule has 0 radical (unpaired) electrons. The summed E-state index contributed by atoms with van der Waals surface area (Å²) in [5.41, 5.74) is 2.51. The average molecular weight is 386 g/mol. The number of anilines is 2. The van der Waals surface area contributed by atoms with Crippen molar-refractivity contribution in [3.05, 3.63) is 82.9 Å². The van der Waals surface area contributed by atoms with Gasteiger partial charge in [0.1, 0.15) is 17.3 Å². The van der Waals surface area contributed by atoms with E-state index in [1.54, 1.807) is 48.7 Å². The Kier molecular flexibility index (Phi) is 5.88. The van der Waals surface area contributed by atoms with E-state index in [1.807, 2.05) is 0 Å². The summed E-state index contributed by atoms with van der Waals surface area (Å²) in [5, 5.41) is 6.31. The Bertz CT molecular complexity index is 931. The van der Waals surface area contributed by atoms with Crippen LogP contribution in [0, 0.1) is 5.82 Å². The molecule has 1 amide bonds. The number of amides is 1. The lowest BCUT2D eigenvalue weighted by Crippen LogP contribution is -2.13. The molecule has 138 valence electrons. The quantitative estimate of drug-likeness (QED) is 0.643. The molecule has 0 aliphatic heterocycles. The van der Waals surface area contributed by atoms with Crippen molar-refractivity contribution in [3.63, 3.8) is 0 Å². The normalized spacial score (nSPS) is 10.3. The Morgan fingerprint density at radius 3 is 2.48 bits per heavy atom. The number of hydrogen-bond acceptors (Lipinski definition) is 4. The summed E-state index contributed by atoms with van der Waals surface area (Å²) in [4.78, 5) is 16.5. The maximum absolute atomic E-state index is 12.9. The third kappa shape index (κ3) is 4.95. The molecule has 3 rings (SSSR count). The molecule has 2 aromatic carbocycles. The number of ether oxygens (including phenoxy) is 1. The highest BCUT2D eigenvalue weighted by Gasteiger charge is 2.09. The SMILES string of the molecule is COc1ccc(NC(=O)c2ccc(NCc3ccc(F)cc3)cn2)cc1Cl. The van der Waals surface area contributed by atoms with Crippen LogP contribution in [-0.4, -0.2) is 18.0 Å². The topological polar surface area (TPSA) is 63.2 Å². The highest BCUT2D eigenvalue weighted by molar-refractivity contribution is 6.32. The molecule has 0 atom stereocenters. The van der Waals surface area contributed by atoms with E-state index in [2.05, 4.69) is 15.6 Å². The minimum atomic E-state index is -0.346. The van der Waals surface area contributed by atoms with Gasteiger partial charge in [0.05, 0.1) is 24.0 Å². The molecule has 3 aromatic rings. The first-order chi connectivity index (χ1) is 13.0. The first kappa shape index (κ1) is 18.7.